The lowest BCUT2D eigenvalue weighted by Crippen LogP contribution is -2.02. The van der Waals surface area contributed by atoms with E-state index in [9.17, 15) is 0 Å². The minimum absolute atomic E-state index is 0.606. The summed E-state index contributed by atoms with van der Waals surface area (Å²) in [7, 11) is 0. The standard InChI is InChI=1S/C47H29N3O/c1-3-11-30(12-4-1)34-17-9-18-36(28-34)46-48-45(32-14-5-2-6-15-32)49-47(50-46)37-23-25-42-41(29-37)40-20-10-19-39-38(24-26-43(51-42)44(39)40)35-22-21-31-13-7-8-16-33(31)27-35/h1-29H. The van der Waals surface area contributed by atoms with Gasteiger partial charge in [-0.15, -0.1) is 0 Å². The average molecular weight is 652 g/mol. The maximum Gasteiger partial charge on any atom is 0.164 e. The number of benzene rings is 8. The summed E-state index contributed by atoms with van der Waals surface area (Å²) in [6, 6.07) is 61.0. The van der Waals surface area contributed by atoms with Crippen LogP contribution in [0.15, 0.2) is 176 Å². The van der Waals surface area contributed by atoms with Crippen molar-refractivity contribution in [3.8, 4) is 79.0 Å². The second kappa shape index (κ2) is 11.9. The Morgan fingerprint density at radius 1 is 0.314 bits per heavy atom. The minimum atomic E-state index is 0.606. The fourth-order valence-electron chi connectivity index (χ4n) is 7.20. The molecule has 4 nitrogen and oxygen atoms in total. The van der Waals surface area contributed by atoms with Crippen molar-refractivity contribution < 1.29 is 4.74 Å². The lowest BCUT2D eigenvalue weighted by atomic mass is 9.89. The molecule has 1 aliphatic heterocycles. The van der Waals surface area contributed by atoms with Gasteiger partial charge in [0.15, 0.2) is 17.5 Å². The predicted octanol–water partition coefficient (Wildman–Crippen LogP) is 12.3. The molecule has 0 radical (unpaired) electrons. The van der Waals surface area contributed by atoms with Crippen LogP contribution >= 0.6 is 0 Å². The summed E-state index contributed by atoms with van der Waals surface area (Å²) in [6.45, 7) is 0. The van der Waals surface area contributed by atoms with E-state index in [0.29, 0.717) is 17.5 Å². The van der Waals surface area contributed by atoms with Gasteiger partial charge in [0.2, 0.25) is 0 Å². The fraction of sp³-hybridized carbons (Fsp3) is 0. The van der Waals surface area contributed by atoms with Crippen LogP contribution in [0.5, 0.6) is 11.5 Å². The van der Waals surface area contributed by atoms with Gasteiger partial charge in [0.05, 0.1) is 0 Å². The summed E-state index contributed by atoms with van der Waals surface area (Å²) in [5.74, 6) is 3.53. The molecule has 9 aromatic rings. The zero-order valence-electron chi connectivity index (χ0n) is 27.5. The molecule has 8 aromatic carbocycles. The lowest BCUT2D eigenvalue weighted by Gasteiger charge is -2.23. The van der Waals surface area contributed by atoms with E-state index in [1.165, 1.54) is 21.9 Å². The number of aromatic nitrogens is 3. The Morgan fingerprint density at radius 2 is 0.922 bits per heavy atom. The number of hydrogen-bond acceptors (Lipinski definition) is 4. The Morgan fingerprint density at radius 3 is 1.73 bits per heavy atom. The Bertz CT molecular complexity index is 2780. The molecule has 0 saturated carbocycles. The number of hydrogen-bond donors (Lipinski definition) is 0. The number of fused-ring (bicyclic) bond motifs is 3. The van der Waals surface area contributed by atoms with Crippen LogP contribution in [0.3, 0.4) is 0 Å². The van der Waals surface area contributed by atoms with Crippen molar-refractivity contribution in [2.24, 2.45) is 0 Å². The van der Waals surface area contributed by atoms with Crippen molar-refractivity contribution >= 4 is 21.5 Å². The van der Waals surface area contributed by atoms with Gasteiger partial charge in [-0.3, -0.25) is 0 Å². The fourth-order valence-corrected chi connectivity index (χ4v) is 7.20. The molecule has 0 amide bonds. The summed E-state index contributed by atoms with van der Waals surface area (Å²) in [5, 5.41) is 4.71. The number of nitrogens with zero attached hydrogens (tertiary/aromatic N) is 3. The quantitative estimate of drug-likeness (QED) is 0.186. The van der Waals surface area contributed by atoms with Gasteiger partial charge in [0.25, 0.3) is 0 Å². The smallest absolute Gasteiger partial charge is 0.164 e. The van der Waals surface area contributed by atoms with E-state index in [-0.39, 0.29) is 0 Å². The molecule has 0 N–H and O–H groups in total. The van der Waals surface area contributed by atoms with Crippen LogP contribution in [-0.4, -0.2) is 15.0 Å². The van der Waals surface area contributed by atoms with Crippen LogP contribution in [0.4, 0.5) is 0 Å². The van der Waals surface area contributed by atoms with Gasteiger partial charge >= 0.3 is 0 Å². The molecule has 238 valence electrons. The summed E-state index contributed by atoms with van der Waals surface area (Å²) in [5.41, 5.74) is 9.50. The summed E-state index contributed by atoms with van der Waals surface area (Å²) in [6.07, 6.45) is 0. The Labute approximate surface area is 295 Å². The van der Waals surface area contributed by atoms with Gasteiger partial charge < -0.3 is 4.74 Å². The highest BCUT2D eigenvalue weighted by molar-refractivity contribution is 6.10. The maximum absolute atomic E-state index is 6.59. The zero-order chi connectivity index (χ0) is 33.7. The Kier molecular flexibility index (Phi) is 6.78. The average Bonchev–Trinajstić information content (AvgIpc) is 3.21. The van der Waals surface area contributed by atoms with E-state index in [0.717, 1.165) is 61.2 Å². The van der Waals surface area contributed by atoms with Gasteiger partial charge in [-0.05, 0) is 80.4 Å². The first-order valence-electron chi connectivity index (χ1n) is 17.1. The molecule has 0 aliphatic carbocycles. The van der Waals surface area contributed by atoms with Gasteiger partial charge in [-0.2, -0.15) is 0 Å². The first kappa shape index (κ1) is 29.0. The summed E-state index contributed by atoms with van der Waals surface area (Å²) < 4.78 is 6.59. The second-order valence-corrected chi connectivity index (χ2v) is 12.8. The molecule has 0 atom stereocenters. The minimum Gasteiger partial charge on any atom is -0.456 e. The Hall–Kier alpha value is -6.91. The van der Waals surface area contributed by atoms with Gasteiger partial charge in [0, 0.05) is 27.6 Å². The van der Waals surface area contributed by atoms with Crippen LogP contribution in [0.1, 0.15) is 0 Å². The summed E-state index contributed by atoms with van der Waals surface area (Å²) in [4.78, 5) is 15.1. The number of rotatable bonds is 5. The highest BCUT2D eigenvalue weighted by atomic mass is 16.5. The van der Waals surface area contributed by atoms with Crippen molar-refractivity contribution in [3.05, 3.63) is 176 Å². The molecular weight excluding hydrogens is 623 g/mol. The normalized spacial score (nSPS) is 11.7. The van der Waals surface area contributed by atoms with E-state index in [4.69, 9.17) is 19.7 Å². The molecule has 0 bridgehead atoms. The first-order valence-corrected chi connectivity index (χ1v) is 17.1. The van der Waals surface area contributed by atoms with Crippen molar-refractivity contribution in [1.29, 1.82) is 0 Å². The van der Waals surface area contributed by atoms with Crippen LogP contribution < -0.4 is 4.74 Å². The van der Waals surface area contributed by atoms with E-state index in [1.54, 1.807) is 0 Å². The largest absolute Gasteiger partial charge is 0.456 e. The van der Waals surface area contributed by atoms with Gasteiger partial charge in [-0.25, -0.2) is 15.0 Å². The van der Waals surface area contributed by atoms with E-state index >= 15 is 0 Å². The van der Waals surface area contributed by atoms with Crippen LogP contribution in [0.25, 0.3) is 89.1 Å². The maximum atomic E-state index is 6.59. The molecule has 1 aromatic heterocycles. The second-order valence-electron chi connectivity index (χ2n) is 12.8. The van der Waals surface area contributed by atoms with Gasteiger partial charge in [0.1, 0.15) is 11.5 Å². The molecule has 2 heterocycles. The van der Waals surface area contributed by atoms with Crippen LogP contribution in [0, 0.1) is 0 Å². The van der Waals surface area contributed by atoms with Crippen LogP contribution in [0.2, 0.25) is 0 Å². The van der Waals surface area contributed by atoms with Crippen molar-refractivity contribution in [2.45, 2.75) is 0 Å². The lowest BCUT2D eigenvalue weighted by molar-refractivity contribution is 0.487. The SMILES string of the molecule is c1ccc(-c2cccc(-c3nc(-c4ccccc4)nc(-c4ccc5c(c4)-c4cccc6c(-c7ccc8ccccc8c7)ccc(c46)O5)n3)c2)cc1. The van der Waals surface area contributed by atoms with Crippen LogP contribution in [-0.2, 0) is 0 Å². The van der Waals surface area contributed by atoms with E-state index in [2.05, 4.69) is 127 Å². The third-order valence-electron chi connectivity index (χ3n) is 9.71. The van der Waals surface area contributed by atoms with Gasteiger partial charge in [-0.1, -0.05) is 140 Å². The molecule has 10 rings (SSSR count). The molecule has 1 aliphatic rings. The molecule has 0 saturated heterocycles. The van der Waals surface area contributed by atoms with Crippen molar-refractivity contribution in [2.75, 3.05) is 0 Å². The Balaban J connectivity index is 1.11. The highest BCUT2D eigenvalue weighted by Gasteiger charge is 2.23. The number of ether oxygens (including phenoxy) is 1. The molecule has 0 spiro atoms. The highest BCUT2D eigenvalue weighted by Crippen LogP contribution is 2.49. The summed E-state index contributed by atoms with van der Waals surface area (Å²) >= 11 is 0. The molecule has 4 heteroatoms. The third kappa shape index (κ3) is 5.13. The van der Waals surface area contributed by atoms with Crippen molar-refractivity contribution in [1.82, 2.24) is 15.0 Å². The topological polar surface area (TPSA) is 47.9 Å². The van der Waals surface area contributed by atoms with Crippen molar-refractivity contribution in [3.63, 3.8) is 0 Å². The zero-order valence-corrected chi connectivity index (χ0v) is 27.5. The van der Waals surface area contributed by atoms with E-state index in [1.807, 2.05) is 48.5 Å². The third-order valence-corrected chi connectivity index (χ3v) is 9.71. The molecular formula is C47H29N3O. The monoisotopic (exact) mass is 651 g/mol. The predicted molar refractivity (Wildman–Crippen MR) is 208 cm³/mol. The van der Waals surface area contributed by atoms with E-state index < -0.39 is 0 Å². The molecule has 51 heavy (non-hydrogen) atoms. The molecule has 0 fully saturated rings. The first-order chi connectivity index (χ1) is 25.2. The molecule has 0 unspecified atom stereocenters.